The smallest absolute Gasteiger partial charge is 0.269 e. The Hall–Kier alpha value is -2.74. The summed E-state index contributed by atoms with van der Waals surface area (Å²) >= 11 is 0. The molecule has 0 radical (unpaired) electrons. The fourth-order valence-corrected chi connectivity index (χ4v) is 3.49. The van der Waals surface area contributed by atoms with Crippen LogP contribution >= 0.6 is 0 Å². The Labute approximate surface area is 159 Å². The van der Waals surface area contributed by atoms with E-state index in [1.54, 1.807) is 12.3 Å². The zero-order chi connectivity index (χ0) is 19.4. The lowest BCUT2D eigenvalue weighted by Gasteiger charge is -2.26. The molecular formula is C19H26N6O2. The predicted molar refractivity (Wildman–Crippen MR) is 102 cm³/mol. The third-order valence-electron chi connectivity index (χ3n) is 4.99. The SMILES string of the molecule is CCN(CC)C(=O)[C@@H]1C[C@H](NC(=O)c2cc(-c3ccccn3)n[nH]2)CN1C. The van der Waals surface area contributed by atoms with Gasteiger partial charge >= 0.3 is 0 Å². The number of hydrogen-bond donors (Lipinski definition) is 2. The second-order valence-corrected chi connectivity index (χ2v) is 6.75. The van der Waals surface area contributed by atoms with Gasteiger partial charge in [-0.2, -0.15) is 5.10 Å². The second kappa shape index (κ2) is 8.30. The van der Waals surface area contributed by atoms with E-state index in [0.717, 1.165) is 0 Å². The minimum Gasteiger partial charge on any atom is -0.347 e. The average molecular weight is 370 g/mol. The molecule has 1 aliphatic heterocycles. The number of pyridine rings is 1. The Morgan fingerprint density at radius 3 is 2.74 bits per heavy atom. The molecule has 1 saturated heterocycles. The topological polar surface area (TPSA) is 94.2 Å². The minimum absolute atomic E-state index is 0.0754. The summed E-state index contributed by atoms with van der Waals surface area (Å²) in [5.41, 5.74) is 1.72. The lowest BCUT2D eigenvalue weighted by Crippen LogP contribution is -2.44. The number of likely N-dealkylation sites (N-methyl/N-ethyl adjacent to an activating group) is 2. The van der Waals surface area contributed by atoms with Crippen molar-refractivity contribution in [3.8, 4) is 11.4 Å². The number of carbonyl (C=O) groups is 2. The number of nitrogens with one attached hydrogen (secondary N) is 2. The largest absolute Gasteiger partial charge is 0.347 e. The number of likely N-dealkylation sites (tertiary alicyclic amines) is 1. The van der Waals surface area contributed by atoms with Gasteiger partial charge in [0.2, 0.25) is 5.91 Å². The first-order valence-electron chi connectivity index (χ1n) is 9.30. The van der Waals surface area contributed by atoms with Crippen LogP contribution in [0.4, 0.5) is 0 Å². The Morgan fingerprint density at radius 2 is 2.07 bits per heavy atom. The van der Waals surface area contributed by atoms with E-state index in [0.29, 0.717) is 43.1 Å². The summed E-state index contributed by atoms with van der Waals surface area (Å²) in [7, 11) is 1.92. The molecule has 2 aromatic rings. The summed E-state index contributed by atoms with van der Waals surface area (Å²) in [6.45, 7) is 5.99. The van der Waals surface area contributed by atoms with Crippen LogP contribution in [0.15, 0.2) is 30.5 Å². The number of aromatic amines is 1. The van der Waals surface area contributed by atoms with Gasteiger partial charge in [-0.3, -0.25) is 24.6 Å². The number of amides is 2. The number of nitrogens with zero attached hydrogens (tertiary/aromatic N) is 4. The third-order valence-corrected chi connectivity index (χ3v) is 4.99. The van der Waals surface area contributed by atoms with E-state index in [1.165, 1.54) is 0 Å². The number of rotatable bonds is 6. The third kappa shape index (κ3) is 4.16. The number of carbonyl (C=O) groups excluding carboxylic acids is 2. The summed E-state index contributed by atoms with van der Waals surface area (Å²) < 4.78 is 0. The van der Waals surface area contributed by atoms with Gasteiger partial charge in [0, 0.05) is 31.9 Å². The van der Waals surface area contributed by atoms with Gasteiger partial charge in [-0.15, -0.1) is 0 Å². The molecule has 2 amide bonds. The van der Waals surface area contributed by atoms with Crippen LogP contribution < -0.4 is 5.32 Å². The zero-order valence-corrected chi connectivity index (χ0v) is 16.0. The molecule has 2 N–H and O–H groups in total. The van der Waals surface area contributed by atoms with Gasteiger partial charge in [0.15, 0.2) is 0 Å². The Bertz CT molecular complexity index is 787. The molecule has 0 spiro atoms. The molecule has 2 aromatic heterocycles. The predicted octanol–water partition coefficient (Wildman–Crippen LogP) is 1.14. The first kappa shape index (κ1) is 19.0. The maximum Gasteiger partial charge on any atom is 0.269 e. The van der Waals surface area contributed by atoms with Crippen LogP contribution in [0.25, 0.3) is 11.4 Å². The summed E-state index contributed by atoms with van der Waals surface area (Å²) in [5, 5.41) is 9.94. The number of H-pyrrole nitrogens is 1. The molecule has 0 aromatic carbocycles. The van der Waals surface area contributed by atoms with Gasteiger partial charge in [-0.1, -0.05) is 6.07 Å². The van der Waals surface area contributed by atoms with Crippen molar-refractivity contribution in [2.24, 2.45) is 0 Å². The standard InChI is InChI=1S/C19H26N6O2/c1-4-25(5-2)19(27)17-10-13(12-24(17)3)21-18(26)16-11-15(22-23-16)14-8-6-7-9-20-14/h6-9,11,13,17H,4-5,10,12H2,1-3H3,(H,21,26)(H,22,23)/t13-,17-/m0/s1. The van der Waals surface area contributed by atoms with E-state index in [-0.39, 0.29) is 23.9 Å². The summed E-state index contributed by atoms with van der Waals surface area (Å²) in [6, 6.07) is 6.96. The molecule has 0 saturated carbocycles. The van der Waals surface area contributed by atoms with Crippen molar-refractivity contribution in [1.29, 1.82) is 0 Å². The van der Waals surface area contributed by atoms with Crippen molar-refractivity contribution in [1.82, 2.24) is 30.3 Å². The van der Waals surface area contributed by atoms with E-state index in [1.807, 2.05) is 48.9 Å². The molecule has 0 unspecified atom stereocenters. The molecule has 8 nitrogen and oxygen atoms in total. The van der Waals surface area contributed by atoms with Crippen LogP contribution in [-0.2, 0) is 4.79 Å². The lowest BCUT2D eigenvalue weighted by atomic mass is 10.1. The van der Waals surface area contributed by atoms with Crippen LogP contribution in [0, 0.1) is 0 Å². The van der Waals surface area contributed by atoms with Crippen molar-refractivity contribution >= 4 is 11.8 Å². The first-order valence-corrected chi connectivity index (χ1v) is 9.30. The van der Waals surface area contributed by atoms with Gasteiger partial charge in [-0.25, -0.2) is 0 Å². The van der Waals surface area contributed by atoms with Crippen LogP contribution in [0.5, 0.6) is 0 Å². The number of hydrogen-bond acceptors (Lipinski definition) is 5. The highest BCUT2D eigenvalue weighted by Gasteiger charge is 2.37. The van der Waals surface area contributed by atoms with Gasteiger partial charge in [-0.05, 0) is 45.5 Å². The van der Waals surface area contributed by atoms with Gasteiger partial charge < -0.3 is 10.2 Å². The van der Waals surface area contributed by atoms with E-state index in [2.05, 4.69) is 20.5 Å². The number of aromatic nitrogens is 3. The molecule has 144 valence electrons. The van der Waals surface area contributed by atoms with E-state index in [9.17, 15) is 9.59 Å². The first-order chi connectivity index (χ1) is 13.0. The van der Waals surface area contributed by atoms with Crippen molar-refractivity contribution < 1.29 is 9.59 Å². The van der Waals surface area contributed by atoms with Gasteiger partial charge in [0.05, 0.1) is 11.7 Å². The molecule has 8 heteroatoms. The molecular weight excluding hydrogens is 344 g/mol. The highest BCUT2D eigenvalue weighted by molar-refractivity contribution is 5.93. The molecule has 2 atom stereocenters. The van der Waals surface area contributed by atoms with Crippen molar-refractivity contribution in [2.45, 2.75) is 32.4 Å². The molecule has 27 heavy (non-hydrogen) atoms. The highest BCUT2D eigenvalue weighted by Crippen LogP contribution is 2.19. The van der Waals surface area contributed by atoms with Gasteiger partial charge in [0.25, 0.3) is 5.91 Å². The Balaban J connectivity index is 1.62. The zero-order valence-electron chi connectivity index (χ0n) is 16.0. The van der Waals surface area contributed by atoms with E-state index in [4.69, 9.17) is 0 Å². The fourth-order valence-electron chi connectivity index (χ4n) is 3.49. The molecule has 0 aliphatic carbocycles. The van der Waals surface area contributed by atoms with Crippen LogP contribution in [0.1, 0.15) is 30.8 Å². The molecule has 1 fully saturated rings. The summed E-state index contributed by atoms with van der Waals surface area (Å²) in [6.07, 6.45) is 2.30. The maximum absolute atomic E-state index is 12.6. The summed E-state index contributed by atoms with van der Waals surface area (Å²) in [4.78, 5) is 33.3. The van der Waals surface area contributed by atoms with Crippen molar-refractivity contribution in [3.63, 3.8) is 0 Å². The maximum atomic E-state index is 12.6. The minimum atomic E-state index is -0.223. The molecule has 3 heterocycles. The van der Waals surface area contributed by atoms with E-state index < -0.39 is 0 Å². The molecule has 3 rings (SSSR count). The monoisotopic (exact) mass is 370 g/mol. The van der Waals surface area contributed by atoms with E-state index >= 15 is 0 Å². The molecule has 0 bridgehead atoms. The second-order valence-electron chi connectivity index (χ2n) is 6.75. The summed E-state index contributed by atoms with van der Waals surface area (Å²) in [5.74, 6) is -0.0998. The Kier molecular flexibility index (Phi) is 5.85. The van der Waals surface area contributed by atoms with Crippen LogP contribution in [0.3, 0.4) is 0 Å². The van der Waals surface area contributed by atoms with Crippen molar-refractivity contribution in [2.75, 3.05) is 26.7 Å². The van der Waals surface area contributed by atoms with Gasteiger partial charge in [0.1, 0.15) is 11.4 Å². The average Bonchev–Trinajstić information content (AvgIpc) is 3.30. The fraction of sp³-hybridized carbons (Fsp3) is 0.474. The van der Waals surface area contributed by atoms with Crippen LogP contribution in [-0.4, -0.2) is 75.6 Å². The highest BCUT2D eigenvalue weighted by atomic mass is 16.2. The van der Waals surface area contributed by atoms with Crippen LogP contribution in [0.2, 0.25) is 0 Å². The van der Waals surface area contributed by atoms with Crippen molar-refractivity contribution in [3.05, 3.63) is 36.2 Å². The lowest BCUT2D eigenvalue weighted by molar-refractivity contribution is -0.135. The molecule has 1 aliphatic rings. The normalized spacial score (nSPS) is 19.8. The quantitative estimate of drug-likeness (QED) is 0.795. The Morgan fingerprint density at radius 1 is 1.30 bits per heavy atom.